The molecule has 1 aromatic rings. The predicted molar refractivity (Wildman–Crippen MR) is 76.3 cm³/mol. The third-order valence-electron chi connectivity index (χ3n) is 2.64. The molecule has 7 heteroatoms. The summed E-state index contributed by atoms with van der Waals surface area (Å²) in [5.41, 5.74) is 0.341. The van der Waals surface area contributed by atoms with Crippen LogP contribution in [0.15, 0.2) is 18.2 Å². The molecular weight excluding hydrogens is 268 g/mol. The maximum atomic E-state index is 11.1. The van der Waals surface area contributed by atoms with Crippen molar-refractivity contribution < 1.29 is 13.9 Å². The summed E-state index contributed by atoms with van der Waals surface area (Å²) in [4.78, 5) is 10.6. The Kier molecular flexibility index (Phi) is 5.75. The van der Waals surface area contributed by atoms with E-state index in [0.717, 1.165) is 0 Å². The number of anilines is 1. The molecule has 0 aliphatic heterocycles. The van der Waals surface area contributed by atoms with Gasteiger partial charge in [0.25, 0.3) is 0 Å². The molecule has 106 valence electrons. The second-order valence-corrected chi connectivity index (χ2v) is 5.78. The minimum absolute atomic E-state index is 0.00490. The first kappa shape index (κ1) is 15.4. The zero-order valence-electron chi connectivity index (χ0n) is 11.2. The topological polar surface area (TPSA) is 81.5 Å². The van der Waals surface area contributed by atoms with Gasteiger partial charge in [0.15, 0.2) is 5.75 Å². The van der Waals surface area contributed by atoms with Gasteiger partial charge >= 0.3 is 5.69 Å². The zero-order chi connectivity index (χ0) is 14.4. The molecule has 19 heavy (non-hydrogen) atoms. The molecule has 2 unspecified atom stereocenters. The van der Waals surface area contributed by atoms with E-state index in [-0.39, 0.29) is 17.5 Å². The summed E-state index contributed by atoms with van der Waals surface area (Å²) in [6.45, 7) is 1.90. The van der Waals surface area contributed by atoms with E-state index in [0.29, 0.717) is 17.9 Å². The van der Waals surface area contributed by atoms with Gasteiger partial charge in [-0.3, -0.25) is 14.3 Å². The molecule has 0 aromatic heterocycles. The zero-order valence-corrected chi connectivity index (χ0v) is 12.0. The van der Waals surface area contributed by atoms with E-state index in [4.69, 9.17) is 4.74 Å². The summed E-state index contributed by atoms with van der Waals surface area (Å²) in [6, 6.07) is 4.88. The quantitative estimate of drug-likeness (QED) is 0.613. The number of methoxy groups -OCH3 is 1. The summed E-state index contributed by atoms with van der Waals surface area (Å²) in [5.74, 6) is 0.785. The molecule has 0 spiro atoms. The van der Waals surface area contributed by atoms with E-state index in [2.05, 4.69) is 5.32 Å². The molecular formula is C12H18N2O4S. The average Bonchev–Trinajstić information content (AvgIpc) is 2.35. The Hall–Kier alpha value is -1.63. The highest BCUT2D eigenvalue weighted by Gasteiger charge is 2.21. The first-order chi connectivity index (χ1) is 8.95. The fourth-order valence-electron chi connectivity index (χ4n) is 1.67. The molecule has 0 saturated heterocycles. The van der Waals surface area contributed by atoms with Crippen LogP contribution in [0.25, 0.3) is 0 Å². The number of nitrogens with zero attached hydrogens (tertiary/aromatic N) is 1. The Balaban J connectivity index is 2.88. The summed E-state index contributed by atoms with van der Waals surface area (Å²) in [5, 5.41) is 14.2. The Morgan fingerprint density at radius 2 is 2.21 bits per heavy atom. The maximum absolute atomic E-state index is 11.1. The fourth-order valence-corrected chi connectivity index (χ4v) is 2.36. The van der Waals surface area contributed by atoms with Gasteiger partial charge in [-0.1, -0.05) is 6.07 Å². The number of ether oxygens (including phenoxy) is 1. The van der Waals surface area contributed by atoms with Gasteiger partial charge in [0.05, 0.1) is 12.0 Å². The molecule has 0 aliphatic carbocycles. The van der Waals surface area contributed by atoms with Gasteiger partial charge in [-0.25, -0.2) is 0 Å². The monoisotopic (exact) mass is 286 g/mol. The third-order valence-corrected chi connectivity index (χ3v) is 3.45. The van der Waals surface area contributed by atoms with Crippen LogP contribution in [0.5, 0.6) is 5.75 Å². The predicted octanol–water partition coefficient (Wildman–Crippen LogP) is 2.17. The van der Waals surface area contributed by atoms with Crippen molar-refractivity contribution in [3.63, 3.8) is 0 Å². The van der Waals surface area contributed by atoms with Gasteiger partial charge in [0, 0.05) is 28.9 Å². The third kappa shape index (κ3) is 4.51. The first-order valence-electron chi connectivity index (χ1n) is 5.83. The number of hydrogen-bond donors (Lipinski definition) is 1. The average molecular weight is 286 g/mol. The van der Waals surface area contributed by atoms with E-state index in [1.54, 1.807) is 24.5 Å². The van der Waals surface area contributed by atoms with Gasteiger partial charge in [0.2, 0.25) is 0 Å². The Bertz CT molecular complexity index is 479. The van der Waals surface area contributed by atoms with Crippen LogP contribution in [0.1, 0.15) is 13.3 Å². The van der Waals surface area contributed by atoms with Gasteiger partial charge in [-0.2, -0.15) is 0 Å². The molecule has 1 rings (SSSR count). The van der Waals surface area contributed by atoms with Gasteiger partial charge in [-0.15, -0.1) is 0 Å². The summed E-state index contributed by atoms with van der Waals surface area (Å²) in [6.07, 6.45) is 2.32. The van der Waals surface area contributed by atoms with Gasteiger partial charge in [0.1, 0.15) is 5.69 Å². The van der Waals surface area contributed by atoms with Crippen LogP contribution in [0, 0.1) is 10.1 Å². The summed E-state index contributed by atoms with van der Waals surface area (Å²) >= 11 is 0. The highest BCUT2D eigenvalue weighted by atomic mass is 32.2. The van der Waals surface area contributed by atoms with Crippen LogP contribution >= 0.6 is 0 Å². The largest absolute Gasteiger partial charge is 0.490 e. The van der Waals surface area contributed by atoms with Gasteiger partial charge < -0.3 is 10.1 Å². The van der Waals surface area contributed by atoms with Crippen LogP contribution in [0.4, 0.5) is 11.4 Å². The molecule has 0 aliphatic rings. The molecule has 6 nitrogen and oxygen atoms in total. The Morgan fingerprint density at radius 3 is 2.74 bits per heavy atom. The van der Waals surface area contributed by atoms with Crippen molar-refractivity contribution in [3.8, 4) is 5.75 Å². The minimum Gasteiger partial charge on any atom is -0.490 e. The van der Waals surface area contributed by atoms with Crippen molar-refractivity contribution in [2.75, 3.05) is 24.4 Å². The normalized spacial score (nSPS) is 13.6. The summed E-state index contributed by atoms with van der Waals surface area (Å²) in [7, 11) is 0.536. The number of rotatable bonds is 7. The number of para-hydroxylation sites is 1. The standard InChI is InChI=1S/C12H18N2O4S/c1-9(7-8-19(3)17)13-10-5-4-6-11(18-2)12(10)14(15)16/h4-6,9,13H,7-8H2,1-3H3. The molecule has 0 bridgehead atoms. The second-order valence-electron chi connectivity index (χ2n) is 4.22. The number of nitro groups is 1. The lowest BCUT2D eigenvalue weighted by Crippen LogP contribution is -2.18. The van der Waals surface area contributed by atoms with Crippen molar-refractivity contribution in [2.24, 2.45) is 0 Å². The van der Waals surface area contributed by atoms with Crippen molar-refractivity contribution in [1.29, 1.82) is 0 Å². The minimum atomic E-state index is -0.863. The molecule has 0 fully saturated rings. The lowest BCUT2D eigenvalue weighted by atomic mass is 10.2. The highest BCUT2D eigenvalue weighted by Crippen LogP contribution is 2.34. The maximum Gasteiger partial charge on any atom is 0.333 e. The lowest BCUT2D eigenvalue weighted by Gasteiger charge is -2.15. The van der Waals surface area contributed by atoms with Crippen LogP contribution in [0.2, 0.25) is 0 Å². The van der Waals surface area contributed by atoms with Crippen molar-refractivity contribution in [1.82, 2.24) is 0 Å². The van der Waals surface area contributed by atoms with E-state index in [9.17, 15) is 14.3 Å². The first-order valence-corrected chi connectivity index (χ1v) is 7.56. The molecule has 2 atom stereocenters. The Morgan fingerprint density at radius 1 is 1.53 bits per heavy atom. The van der Waals surface area contributed by atoms with Crippen LogP contribution in [-0.4, -0.2) is 34.3 Å². The SMILES string of the molecule is COc1cccc(NC(C)CCS(C)=O)c1[N+](=O)[O-]. The Labute approximate surface area is 114 Å². The molecule has 0 heterocycles. The molecule has 0 saturated carbocycles. The highest BCUT2D eigenvalue weighted by molar-refractivity contribution is 7.84. The van der Waals surface area contributed by atoms with Crippen molar-refractivity contribution in [3.05, 3.63) is 28.3 Å². The van der Waals surface area contributed by atoms with E-state index in [1.165, 1.54) is 7.11 Å². The molecule has 1 aromatic carbocycles. The van der Waals surface area contributed by atoms with E-state index < -0.39 is 15.7 Å². The molecule has 0 amide bonds. The fraction of sp³-hybridized carbons (Fsp3) is 0.500. The lowest BCUT2D eigenvalue weighted by molar-refractivity contribution is -0.384. The summed E-state index contributed by atoms with van der Waals surface area (Å²) < 4.78 is 16.0. The van der Waals surface area contributed by atoms with Crippen LogP contribution in [-0.2, 0) is 10.8 Å². The van der Waals surface area contributed by atoms with Crippen molar-refractivity contribution in [2.45, 2.75) is 19.4 Å². The second kappa shape index (κ2) is 7.08. The van der Waals surface area contributed by atoms with E-state index >= 15 is 0 Å². The smallest absolute Gasteiger partial charge is 0.333 e. The number of nitrogens with one attached hydrogen (secondary N) is 1. The van der Waals surface area contributed by atoms with Crippen LogP contribution < -0.4 is 10.1 Å². The number of hydrogen-bond acceptors (Lipinski definition) is 5. The van der Waals surface area contributed by atoms with Gasteiger partial charge in [-0.05, 0) is 25.5 Å². The van der Waals surface area contributed by atoms with E-state index in [1.807, 2.05) is 6.92 Å². The number of benzene rings is 1. The van der Waals surface area contributed by atoms with Crippen LogP contribution in [0.3, 0.4) is 0 Å². The molecule has 1 N–H and O–H groups in total. The molecule has 0 radical (unpaired) electrons. The number of nitro benzene ring substituents is 1. The van der Waals surface area contributed by atoms with Crippen molar-refractivity contribution >= 4 is 22.2 Å².